The van der Waals surface area contributed by atoms with Crippen molar-refractivity contribution in [1.29, 1.82) is 0 Å². The second kappa shape index (κ2) is 4.50. The molecule has 0 unspecified atom stereocenters. The SMILES string of the molecule is Cc1ccc(-c2nc(Br)nc3ccccc23)cc1. The number of rotatable bonds is 1. The molecule has 2 aromatic carbocycles. The third kappa shape index (κ3) is 2.02. The summed E-state index contributed by atoms with van der Waals surface area (Å²) in [6, 6.07) is 16.4. The van der Waals surface area contributed by atoms with Gasteiger partial charge in [-0.05, 0) is 28.9 Å². The van der Waals surface area contributed by atoms with Crippen LogP contribution >= 0.6 is 15.9 Å². The maximum atomic E-state index is 4.51. The number of hydrogen-bond donors (Lipinski definition) is 0. The van der Waals surface area contributed by atoms with Gasteiger partial charge < -0.3 is 0 Å². The first-order valence-corrected chi connectivity index (χ1v) is 6.53. The molecule has 0 fully saturated rings. The Balaban J connectivity index is 2.31. The van der Waals surface area contributed by atoms with Crippen molar-refractivity contribution in [2.24, 2.45) is 0 Å². The lowest BCUT2D eigenvalue weighted by atomic mass is 10.1. The topological polar surface area (TPSA) is 25.8 Å². The van der Waals surface area contributed by atoms with Crippen molar-refractivity contribution in [2.45, 2.75) is 6.92 Å². The van der Waals surface area contributed by atoms with Crippen LogP contribution in [0.5, 0.6) is 0 Å². The molecule has 0 radical (unpaired) electrons. The molecule has 0 spiro atoms. The Morgan fingerprint density at radius 3 is 2.39 bits per heavy atom. The molecular weight excluding hydrogens is 288 g/mol. The molecule has 3 aromatic rings. The molecule has 0 atom stereocenters. The molecule has 0 aliphatic rings. The summed E-state index contributed by atoms with van der Waals surface area (Å²) in [5.74, 6) is 0. The van der Waals surface area contributed by atoms with E-state index in [1.54, 1.807) is 0 Å². The van der Waals surface area contributed by atoms with Gasteiger partial charge in [-0.15, -0.1) is 0 Å². The molecule has 2 nitrogen and oxygen atoms in total. The molecule has 1 aromatic heterocycles. The third-order valence-electron chi connectivity index (χ3n) is 2.90. The van der Waals surface area contributed by atoms with Crippen molar-refractivity contribution in [2.75, 3.05) is 0 Å². The van der Waals surface area contributed by atoms with E-state index < -0.39 is 0 Å². The number of nitrogens with zero attached hydrogens (tertiary/aromatic N) is 2. The summed E-state index contributed by atoms with van der Waals surface area (Å²) in [6.07, 6.45) is 0. The van der Waals surface area contributed by atoms with Gasteiger partial charge in [-0.25, -0.2) is 9.97 Å². The van der Waals surface area contributed by atoms with Crippen LogP contribution in [0, 0.1) is 6.92 Å². The van der Waals surface area contributed by atoms with Gasteiger partial charge in [0, 0.05) is 10.9 Å². The molecule has 0 saturated carbocycles. The van der Waals surface area contributed by atoms with Gasteiger partial charge in [0.05, 0.1) is 11.2 Å². The van der Waals surface area contributed by atoms with E-state index in [2.05, 4.69) is 63.2 Å². The summed E-state index contributed by atoms with van der Waals surface area (Å²) in [5.41, 5.74) is 4.28. The standard InChI is InChI=1S/C15H11BrN2/c1-10-6-8-11(9-7-10)14-12-4-2-3-5-13(12)17-15(16)18-14/h2-9H,1H3. The number of aryl methyl sites for hydroxylation is 1. The minimum Gasteiger partial charge on any atom is -0.222 e. The van der Waals surface area contributed by atoms with Gasteiger partial charge >= 0.3 is 0 Å². The monoisotopic (exact) mass is 298 g/mol. The van der Waals surface area contributed by atoms with E-state index in [1.165, 1.54) is 5.56 Å². The zero-order valence-electron chi connectivity index (χ0n) is 9.89. The fourth-order valence-electron chi connectivity index (χ4n) is 1.98. The Labute approximate surface area is 114 Å². The lowest BCUT2D eigenvalue weighted by Gasteiger charge is -2.06. The highest BCUT2D eigenvalue weighted by atomic mass is 79.9. The van der Waals surface area contributed by atoms with Crippen LogP contribution in [0.15, 0.2) is 53.3 Å². The highest BCUT2D eigenvalue weighted by molar-refractivity contribution is 9.10. The van der Waals surface area contributed by atoms with E-state index in [1.807, 2.05) is 18.2 Å². The minimum atomic E-state index is 0.622. The lowest BCUT2D eigenvalue weighted by molar-refractivity contribution is 1.16. The Morgan fingerprint density at radius 2 is 1.61 bits per heavy atom. The van der Waals surface area contributed by atoms with Crippen LogP contribution in [0.4, 0.5) is 0 Å². The molecule has 0 bridgehead atoms. The average Bonchev–Trinajstić information content (AvgIpc) is 2.38. The predicted molar refractivity (Wildman–Crippen MR) is 77.4 cm³/mol. The Hall–Kier alpha value is -1.74. The summed E-state index contributed by atoms with van der Waals surface area (Å²) in [4.78, 5) is 8.89. The minimum absolute atomic E-state index is 0.622. The van der Waals surface area contributed by atoms with Crippen LogP contribution in [0.1, 0.15) is 5.56 Å². The van der Waals surface area contributed by atoms with Gasteiger partial charge in [-0.3, -0.25) is 0 Å². The number of para-hydroxylation sites is 1. The number of hydrogen-bond acceptors (Lipinski definition) is 2. The fraction of sp³-hybridized carbons (Fsp3) is 0.0667. The van der Waals surface area contributed by atoms with Crippen LogP contribution in [-0.2, 0) is 0 Å². The predicted octanol–water partition coefficient (Wildman–Crippen LogP) is 4.37. The molecule has 3 heteroatoms. The van der Waals surface area contributed by atoms with E-state index in [0.717, 1.165) is 22.2 Å². The van der Waals surface area contributed by atoms with Gasteiger partial charge in [0.2, 0.25) is 0 Å². The van der Waals surface area contributed by atoms with Gasteiger partial charge in [-0.1, -0.05) is 48.0 Å². The molecule has 0 aliphatic heterocycles. The molecule has 88 valence electrons. The summed E-state index contributed by atoms with van der Waals surface area (Å²) >= 11 is 3.37. The zero-order chi connectivity index (χ0) is 12.5. The maximum absolute atomic E-state index is 4.51. The number of benzene rings is 2. The van der Waals surface area contributed by atoms with Crippen molar-refractivity contribution in [3.05, 3.63) is 58.8 Å². The first-order chi connectivity index (χ1) is 8.74. The maximum Gasteiger partial charge on any atom is 0.197 e. The number of halogens is 1. The molecular formula is C15H11BrN2. The quantitative estimate of drug-likeness (QED) is 0.624. The van der Waals surface area contributed by atoms with Crippen LogP contribution in [0.3, 0.4) is 0 Å². The van der Waals surface area contributed by atoms with Crippen LogP contribution in [-0.4, -0.2) is 9.97 Å². The summed E-state index contributed by atoms with van der Waals surface area (Å²) < 4.78 is 0.622. The highest BCUT2D eigenvalue weighted by Crippen LogP contribution is 2.27. The van der Waals surface area contributed by atoms with E-state index in [4.69, 9.17) is 0 Å². The van der Waals surface area contributed by atoms with Crippen molar-refractivity contribution in [3.63, 3.8) is 0 Å². The van der Waals surface area contributed by atoms with E-state index in [9.17, 15) is 0 Å². The van der Waals surface area contributed by atoms with Crippen molar-refractivity contribution in [1.82, 2.24) is 9.97 Å². The summed E-state index contributed by atoms with van der Waals surface area (Å²) in [5, 5.41) is 1.07. The van der Waals surface area contributed by atoms with E-state index >= 15 is 0 Å². The van der Waals surface area contributed by atoms with Crippen molar-refractivity contribution < 1.29 is 0 Å². The molecule has 0 aliphatic carbocycles. The Kier molecular flexibility index (Phi) is 2.84. The van der Waals surface area contributed by atoms with E-state index in [-0.39, 0.29) is 0 Å². The lowest BCUT2D eigenvalue weighted by Crippen LogP contribution is -1.91. The second-order valence-electron chi connectivity index (χ2n) is 4.22. The molecule has 3 rings (SSSR count). The van der Waals surface area contributed by atoms with Gasteiger partial charge in [0.15, 0.2) is 4.73 Å². The summed E-state index contributed by atoms with van der Waals surface area (Å²) in [6.45, 7) is 2.08. The van der Waals surface area contributed by atoms with Gasteiger partial charge in [-0.2, -0.15) is 0 Å². The molecule has 1 heterocycles. The van der Waals surface area contributed by atoms with Crippen molar-refractivity contribution >= 4 is 26.8 Å². The largest absolute Gasteiger partial charge is 0.222 e. The number of fused-ring (bicyclic) bond motifs is 1. The van der Waals surface area contributed by atoms with Crippen LogP contribution in [0.2, 0.25) is 0 Å². The van der Waals surface area contributed by atoms with Gasteiger partial charge in [0.1, 0.15) is 0 Å². The van der Waals surface area contributed by atoms with Gasteiger partial charge in [0.25, 0.3) is 0 Å². The Bertz CT molecular complexity index is 705. The van der Waals surface area contributed by atoms with Crippen LogP contribution in [0.25, 0.3) is 22.2 Å². The first kappa shape index (κ1) is 11.4. The molecule has 18 heavy (non-hydrogen) atoms. The first-order valence-electron chi connectivity index (χ1n) is 5.73. The van der Waals surface area contributed by atoms with Crippen molar-refractivity contribution in [3.8, 4) is 11.3 Å². The third-order valence-corrected chi connectivity index (χ3v) is 3.26. The fourth-order valence-corrected chi connectivity index (χ4v) is 2.35. The Morgan fingerprint density at radius 1 is 0.889 bits per heavy atom. The second-order valence-corrected chi connectivity index (χ2v) is 4.93. The highest BCUT2D eigenvalue weighted by Gasteiger charge is 2.07. The normalized spacial score (nSPS) is 10.8. The molecule has 0 N–H and O–H groups in total. The number of aromatic nitrogens is 2. The van der Waals surface area contributed by atoms with Crippen LogP contribution < -0.4 is 0 Å². The smallest absolute Gasteiger partial charge is 0.197 e. The molecule has 0 amide bonds. The zero-order valence-corrected chi connectivity index (χ0v) is 11.5. The van der Waals surface area contributed by atoms with E-state index in [0.29, 0.717) is 4.73 Å². The molecule has 0 saturated heterocycles. The average molecular weight is 299 g/mol. The summed E-state index contributed by atoms with van der Waals surface area (Å²) in [7, 11) is 0.